The maximum atomic E-state index is 4.52. The highest BCUT2D eigenvalue weighted by molar-refractivity contribution is 7.99. The molecule has 0 aliphatic heterocycles. The average molecular weight is 280 g/mol. The first kappa shape index (κ1) is 14.4. The number of rotatable bonds is 6. The minimum absolute atomic E-state index is 0.556. The largest absolute Gasteiger partial charge is 0.367 e. The fourth-order valence-electron chi connectivity index (χ4n) is 2.46. The Labute approximate surface area is 120 Å². The van der Waals surface area contributed by atoms with Gasteiger partial charge in [-0.3, -0.25) is 0 Å². The van der Waals surface area contributed by atoms with Crippen molar-refractivity contribution < 1.29 is 0 Å². The van der Waals surface area contributed by atoms with Crippen molar-refractivity contribution in [2.24, 2.45) is 0 Å². The first-order chi connectivity index (χ1) is 9.31. The third-order valence-corrected chi connectivity index (χ3v) is 4.59. The minimum atomic E-state index is 0.556. The number of thioether (sulfide) groups is 1. The summed E-state index contributed by atoms with van der Waals surface area (Å²) in [5.41, 5.74) is 0. The monoisotopic (exact) mass is 280 g/mol. The van der Waals surface area contributed by atoms with Crippen LogP contribution < -0.4 is 10.6 Å². The van der Waals surface area contributed by atoms with Crippen LogP contribution in [0.25, 0.3) is 0 Å². The normalized spacial score (nSPS) is 23.1. The smallest absolute Gasteiger partial charge is 0.224 e. The van der Waals surface area contributed by atoms with Crippen LogP contribution >= 0.6 is 11.8 Å². The molecule has 1 aromatic rings. The fraction of sp³-hybridized carbons (Fsp3) is 0.714. The molecule has 5 heteroatoms. The molecule has 106 valence electrons. The van der Waals surface area contributed by atoms with Crippen LogP contribution in [-0.4, -0.2) is 34.1 Å². The summed E-state index contributed by atoms with van der Waals surface area (Å²) < 4.78 is 0. The molecule has 2 N–H and O–H groups in total. The Balaban J connectivity index is 1.90. The molecule has 1 fully saturated rings. The third-order valence-electron chi connectivity index (χ3n) is 3.50. The van der Waals surface area contributed by atoms with E-state index in [0.29, 0.717) is 6.04 Å². The first-order valence-corrected chi connectivity index (χ1v) is 8.47. The summed E-state index contributed by atoms with van der Waals surface area (Å²) >= 11 is 1.99. The van der Waals surface area contributed by atoms with Crippen molar-refractivity contribution in [3.8, 4) is 0 Å². The second kappa shape index (κ2) is 7.58. The van der Waals surface area contributed by atoms with Crippen molar-refractivity contribution in [1.29, 1.82) is 0 Å². The second-order valence-electron chi connectivity index (χ2n) is 5.06. The SMILES string of the molecule is CCCNc1nccc(NC2CCCC(SC)C2)n1. The van der Waals surface area contributed by atoms with Gasteiger partial charge in [-0.1, -0.05) is 13.3 Å². The number of hydrogen-bond acceptors (Lipinski definition) is 5. The molecule has 1 aliphatic carbocycles. The van der Waals surface area contributed by atoms with Crippen molar-refractivity contribution in [1.82, 2.24) is 9.97 Å². The molecule has 0 bridgehead atoms. The molecule has 0 aromatic carbocycles. The van der Waals surface area contributed by atoms with Gasteiger partial charge in [0, 0.05) is 24.0 Å². The summed E-state index contributed by atoms with van der Waals surface area (Å²) in [6.07, 6.45) is 10.3. The van der Waals surface area contributed by atoms with E-state index in [1.54, 1.807) is 0 Å². The standard InChI is InChI=1S/C14H24N4S/c1-3-8-15-14-16-9-7-13(18-14)17-11-5-4-6-12(10-11)19-2/h7,9,11-12H,3-6,8,10H2,1-2H3,(H2,15,16,17,18). The lowest BCUT2D eigenvalue weighted by Crippen LogP contribution is -2.29. The molecule has 1 aromatic heterocycles. The van der Waals surface area contributed by atoms with E-state index in [1.165, 1.54) is 25.7 Å². The van der Waals surface area contributed by atoms with Crippen LogP contribution in [0.4, 0.5) is 11.8 Å². The first-order valence-electron chi connectivity index (χ1n) is 7.18. The summed E-state index contributed by atoms with van der Waals surface area (Å²) in [6, 6.07) is 2.51. The highest BCUT2D eigenvalue weighted by atomic mass is 32.2. The van der Waals surface area contributed by atoms with Gasteiger partial charge in [-0.05, 0) is 38.0 Å². The minimum Gasteiger partial charge on any atom is -0.367 e. The van der Waals surface area contributed by atoms with Crippen molar-refractivity contribution in [3.63, 3.8) is 0 Å². The number of anilines is 2. The van der Waals surface area contributed by atoms with Gasteiger partial charge in [0.2, 0.25) is 5.95 Å². The topological polar surface area (TPSA) is 49.8 Å². The molecule has 2 atom stereocenters. The maximum Gasteiger partial charge on any atom is 0.224 e. The van der Waals surface area contributed by atoms with Crippen LogP contribution in [-0.2, 0) is 0 Å². The zero-order valence-corrected chi connectivity index (χ0v) is 12.7. The van der Waals surface area contributed by atoms with Gasteiger partial charge in [-0.15, -0.1) is 0 Å². The van der Waals surface area contributed by atoms with Crippen LogP contribution in [0.5, 0.6) is 0 Å². The lowest BCUT2D eigenvalue weighted by Gasteiger charge is -2.29. The zero-order valence-electron chi connectivity index (χ0n) is 11.9. The molecule has 2 unspecified atom stereocenters. The lowest BCUT2D eigenvalue weighted by atomic mass is 9.95. The molecule has 1 aliphatic rings. The Morgan fingerprint density at radius 3 is 3.11 bits per heavy atom. The predicted molar refractivity (Wildman–Crippen MR) is 84.0 cm³/mol. The van der Waals surface area contributed by atoms with Gasteiger partial charge < -0.3 is 10.6 Å². The number of nitrogens with zero attached hydrogens (tertiary/aromatic N) is 2. The summed E-state index contributed by atoms with van der Waals surface area (Å²) in [4.78, 5) is 8.75. The fourth-order valence-corrected chi connectivity index (χ4v) is 3.29. The molecule has 0 spiro atoms. The van der Waals surface area contributed by atoms with Crippen LogP contribution in [0.15, 0.2) is 12.3 Å². The summed E-state index contributed by atoms with van der Waals surface area (Å²) in [5.74, 6) is 1.67. The summed E-state index contributed by atoms with van der Waals surface area (Å²) in [5, 5.41) is 7.58. The van der Waals surface area contributed by atoms with Gasteiger partial charge in [0.1, 0.15) is 5.82 Å². The van der Waals surface area contributed by atoms with E-state index in [1.807, 2.05) is 24.0 Å². The molecular formula is C14H24N4S. The summed E-state index contributed by atoms with van der Waals surface area (Å²) in [7, 11) is 0. The highest BCUT2D eigenvalue weighted by Gasteiger charge is 2.21. The number of aromatic nitrogens is 2. The summed E-state index contributed by atoms with van der Waals surface area (Å²) in [6.45, 7) is 3.06. The van der Waals surface area contributed by atoms with Crippen LogP contribution in [0.3, 0.4) is 0 Å². The van der Waals surface area contributed by atoms with Gasteiger partial charge >= 0.3 is 0 Å². The maximum absolute atomic E-state index is 4.52. The van der Waals surface area contributed by atoms with E-state index >= 15 is 0 Å². The predicted octanol–water partition coefficient (Wildman–Crippen LogP) is 3.38. The molecule has 0 saturated heterocycles. The molecule has 4 nitrogen and oxygen atoms in total. The average Bonchev–Trinajstić information content (AvgIpc) is 2.46. The van der Waals surface area contributed by atoms with Crippen LogP contribution in [0.1, 0.15) is 39.0 Å². The Hall–Kier alpha value is -0.970. The van der Waals surface area contributed by atoms with E-state index in [2.05, 4.69) is 33.8 Å². The van der Waals surface area contributed by atoms with Crippen molar-refractivity contribution >= 4 is 23.5 Å². The Kier molecular flexibility index (Phi) is 5.76. The molecule has 1 heterocycles. The van der Waals surface area contributed by atoms with E-state index < -0.39 is 0 Å². The molecule has 0 radical (unpaired) electrons. The van der Waals surface area contributed by atoms with Gasteiger partial charge in [-0.2, -0.15) is 16.7 Å². The Bertz CT molecular complexity index is 385. The quantitative estimate of drug-likeness (QED) is 0.836. The third kappa shape index (κ3) is 4.56. The number of nitrogens with one attached hydrogen (secondary N) is 2. The van der Waals surface area contributed by atoms with Gasteiger partial charge in [0.15, 0.2) is 0 Å². The van der Waals surface area contributed by atoms with Crippen LogP contribution in [0, 0.1) is 0 Å². The molecule has 0 amide bonds. The van der Waals surface area contributed by atoms with E-state index in [0.717, 1.165) is 30.0 Å². The Morgan fingerprint density at radius 2 is 2.32 bits per heavy atom. The van der Waals surface area contributed by atoms with Crippen molar-refractivity contribution in [2.75, 3.05) is 23.4 Å². The molecule has 2 rings (SSSR count). The van der Waals surface area contributed by atoms with E-state index in [9.17, 15) is 0 Å². The van der Waals surface area contributed by atoms with E-state index in [-0.39, 0.29) is 0 Å². The van der Waals surface area contributed by atoms with Crippen molar-refractivity contribution in [2.45, 2.75) is 50.3 Å². The molecule has 19 heavy (non-hydrogen) atoms. The van der Waals surface area contributed by atoms with E-state index in [4.69, 9.17) is 0 Å². The van der Waals surface area contributed by atoms with Gasteiger partial charge in [-0.25, -0.2) is 4.98 Å². The molecule has 1 saturated carbocycles. The molecular weight excluding hydrogens is 256 g/mol. The lowest BCUT2D eigenvalue weighted by molar-refractivity contribution is 0.473. The second-order valence-corrected chi connectivity index (χ2v) is 6.20. The van der Waals surface area contributed by atoms with Crippen molar-refractivity contribution in [3.05, 3.63) is 12.3 Å². The number of hydrogen-bond donors (Lipinski definition) is 2. The zero-order chi connectivity index (χ0) is 13.5. The van der Waals surface area contributed by atoms with Gasteiger partial charge in [0.25, 0.3) is 0 Å². The Morgan fingerprint density at radius 1 is 1.42 bits per heavy atom. The highest BCUT2D eigenvalue weighted by Crippen LogP contribution is 2.28. The van der Waals surface area contributed by atoms with Gasteiger partial charge in [0.05, 0.1) is 0 Å². The van der Waals surface area contributed by atoms with Crippen LogP contribution in [0.2, 0.25) is 0 Å².